The fraction of sp³-hybridized carbons (Fsp3) is 0.346. The fourth-order valence-corrected chi connectivity index (χ4v) is 4.84. The Bertz CT molecular complexity index is 1060. The van der Waals surface area contributed by atoms with Crippen molar-refractivity contribution in [1.29, 1.82) is 0 Å². The largest absolute Gasteiger partial charge is 0.491 e. The van der Waals surface area contributed by atoms with Gasteiger partial charge in [-0.1, -0.05) is 18.2 Å². The second kappa shape index (κ2) is 9.49. The van der Waals surface area contributed by atoms with Crippen LogP contribution in [0.15, 0.2) is 67.1 Å². The average Bonchev–Trinajstić information content (AvgIpc) is 2.82. The van der Waals surface area contributed by atoms with Crippen LogP contribution in [0.5, 0.6) is 5.75 Å². The van der Waals surface area contributed by atoms with E-state index >= 15 is 0 Å². The van der Waals surface area contributed by atoms with E-state index in [0.717, 1.165) is 60.7 Å². The molecule has 6 nitrogen and oxygen atoms in total. The Morgan fingerprint density at radius 2 is 2.00 bits per heavy atom. The third-order valence-corrected chi connectivity index (χ3v) is 6.53. The molecule has 2 aliphatic heterocycles. The molecule has 32 heavy (non-hydrogen) atoms. The standard InChI is InChI=1S/C26H28N4O2/c31-26-15-20-8-12-30(18-23-5-1-2-11-28-23)17-22(20)9-13-32-25-7-6-19(14-24(25)29-26)21-4-3-10-27-16-21/h1-7,10-11,14,16,20,22H,8-9,12-13,15,17-18H2,(H,29,31)/t20-,22-/m0/s1. The molecule has 6 heteroatoms. The number of nitrogens with zero attached hydrogens (tertiary/aromatic N) is 3. The number of pyridine rings is 2. The van der Waals surface area contributed by atoms with E-state index in [2.05, 4.69) is 26.3 Å². The van der Waals surface area contributed by atoms with Crippen LogP contribution in [0.2, 0.25) is 0 Å². The Kier molecular flexibility index (Phi) is 6.12. The van der Waals surface area contributed by atoms with Crippen molar-refractivity contribution in [3.05, 3.63) is 72.8 Å². The van der Waals surface area contributed by atoms with E-state index in [1.165, 1.54) is 0 Å². The van der Waals surface area contributed by atoms with E-state index in [0.29, 0.717) is 24.9 Å². The summed E-state index contributed by atoms with van der Waals surface area (Å²) in [5.74, 6) is 1.61. The van der Waals surface area contributed by atoms with Crippen molar-refractivity contribution in [1.82, 2.24) is 14.9 Å². The summed E-state index contributed by atoms with van der Waals surface area (Å²) in [6, 6.07) is 15.9. The van der Waals surface area contributed by atoms with Gasteiger partial charge in [-0.25, -0.2) is 0 Å². The Labute approximate surface area is 188 Å². The van der Waals surface area contributed by atoms with E-state index in [1.54, 1.807) is 6.20 Å². The predicted octanol–water partition coefficient (Wildman–Crippen LogP) is 4.39. The highest BCUT2D eigenvalue weighted by Gasteiger charge is 2.31. The van der Waals surface area contributed by atoms with E-state index in [9.17, 15) is 4.79 Å². The van der Waals surface area contributed by atoms with Gasteiger partial charge in [0.1, 0.15) is 5.75 Å². The van der Waals surface area contributed by atoms with Crippen LogP contribution in [0.3, 0.4) is 0 Å². The first-order chi connectivity index (χ1) is 15.7. The van der Waals surface area contributed by atoms with Gasteiger partial charge >= 0.3 is 0 Å². The van der Waals surface area contributed by atoms with Gasteiger partial charge in [-0.2, -0.15) is 0 Å². The fourth-order valence-electron chi connectivity index (χ4n) is 4.84. The first kappa shape index (κ1) is 20.6. The minimum Gasteiger partial charge on any atom is -0.491 e. The minimum absolute atomic E-state index is 0.0632. The number of nitrogens with one attached hydrogen (secondary N) is 1. The van der Waals surface area contributed by atoms with Crippen LogP contribution >= 0.6 is 0 Å². The zero-order valence-corrected chi connectivity index (χ0v) is 18.1. The second-order valence-corrected chi connectivity index (χ2v) is 8.71. The molecule has 1 amide bonds. The summed E-state index contributed by atoms with van der Waals surface area (Å²) >= 11 is 0. The van der Waals surface area contributed by atoms with E-state index in [1.807, 2.05) is 54.9 Å². The van der Waals surface area contributed by atoms with Gasteiger partial charge in [0.05, 0.1) is 18.0 Å². The number of benzene rings is 1. The lowest BCUT2D eigenvalue weighted by atomic mass is 9.81. The van der Waals surface area contributed by atoms with Crippen molar-refractivity contribution in [2.45, 2.75) is 25.8 Å². The van der Waals surface area contributed by atoms with Crippen LogP contribution < -0.4 is 10.1 Å². The molecule has 1 aromatic carbocycles. The van der Waals surface area contributed by atoms with Crippen LogP contribution in [0.1, 0.15) is 25.0 Å². The molecule has 2 atom stereocenters. The molecule has 0 aliphatic carbocycles. The van der Waals surface area contributed by atoms with Gasteiger partial charge in [0.25, 0.3) is 0 Å². The molecule has 164 valence electrons. The van der Waals surface area contributed by atoms with Crippen molar-refractivity contribution in [2.75, 3.05) is 25.0 Å². The number of piperidine rings is 1. The Hall–Kier alpha value is -3.25. The number of hydrogen-bond donors (Lipinski definition) is 1. The van der Waals surface area contributed by atoms with Crippen molar-refractivity contribution in [3.8, 4) is 16.9 Å². The summed E-state index contributed by atoms with van der Waals surface area (Å²) in [7, 11) is 0. The first-order valence-electron chi connectivity index (χ1n) is 11.3. The normalized spacial score (nSPS) is 21.6. The zero-order chi connectivity index (χ0) is 21.8. The molecule has 5 rings (SSSR count). The molecule has 4 heterocycles. The van der Waals surface area contributed by atoms with Crippen molar-refractivity contribution >= 4 is 11.6 Å². The summed E-state index contributed by atoms with van der Waals surface area (Å²) in [6.07, 6.45) is 7.95. The number of fused-ring (bicyclic) bond motifs is 2. The number of carbonyl (C=O) groups excluding carboxylic acids is 1. The molecule has 0 unspecified atom stereocenters. The van der Waals surface area contributed by atoms with Crippen LogP contribution in [-0.4, -0.2) is 40.5 Å². The second-order valence-electron chi connectivity index (χ2n) is 8.71. The molecule has 0 bridgehead atoms. The van der Waals surface area contributed by atoms with Gasteiger partial charge in [-0.3, -0.25) is 19.7 Å². The minimum atomic E-state index is 0.0632. The molecular weight excluding hydrogens is 400 g/mol. The van der Waals surface area contributed by atoms with Crippen molar-refractivity contribution in [3.63, 3.8) is 0 Å². The van der Waals surface area contributed by atoms with Crippen molar-refractivity contribution in [2.24, 2.45) is 11.8 Å². The zero-order valence-electron chi connectivity index (χ0n) is 18.1. The molecule has 1 fully saturated rings. The molecule has 2 aliphatic rings. The predicted molar refractivity (Wildman–Crippen MR) is 124 cm³/mol. The van der Waals surface area contributed by atoms with Gasteiger partial charge in [-0.05, 0) is 67.1 Å². The Morgan fingerprint density at radius 1 is 1.03 bits per heavy atom. The average molecular weight is 429 g/mol. The maximum absolute atomic E-state index is 12.9. The highest BCUT2D eigenvalue weighted by atomic mass is 16.5. The first-order valence-corrected chi connectivity index (χ1v) is 11.3. The molecular formula is C26H28N4O2. The van der Waals surface area contributed by atoms with Crippen LogP contribution in [0.4, 0.5) is 5.69 Å². The van der Waals surface area contributed by atoms with Crippen molar-refractivity contribution < 1.29 is 9.53 Å². The lowest BCUT2D eigenvalue weighted by Crippen LogP contribution is -2.42. The number of rotatable bonds is 3. The number of ether oxygens (including phenoxy) is 1. The number of likely N-dealkylation sites (tertiary alicyclic amines) is 1. The van der Waals surface area contributed by atoms with Gasteiger partial charge in [0.2, 0.25) is 5.91 Å². The molecule has 2 aromatic heterocycles. The van der Waals surface area contributed by atoms with Crippen LogP contribution in [0.25, 0.3) is 11.1 Å². The SMILES string of the molecule is O=C1C[C@@H]2CCN(Cc3ccccn3)C[C@@H]2CCOc2ccc(-c3cccnc3)cc2N1. The maximum atomic E-state index is 12.9. The van der Waals surface area contributed by atoms with Gasteiger partial charge < -0.3 is 10.1 Å². The molecule has 0 radical (unpaired) electrons. The monoisotopic (exact) mass is 428 g/mol. The Morgan fingerprint density at radius 3 is 2.84 bits per heavy atom. The number of hydrogen-bond acceptors (Lipinski definition) is 5. The van der Waals surface area contributed by atoms with Crippen LogP contribution in [0, 0.1) is 11.8 Å². The van der Waals surface area contributed by atoms with E-state index in [-0.39, 0.29) is 5.91 Å². The Balaban J connectivity index is 1.30. The quantitative estimate of drug-likeness (QED) is 0.670. The van der Waals surface area contributed by atoms with Gasteiger partial charge in [0, 0.05) is 43.7 Å². The lowest BCUT2D eigenvalue weighted by Gasteiger charge is -2.38. The molecule has 3 aromatic rings. The summed E-state index contributed by atoms with van der Waals surface area (Å²) in [4.78, 5) is 24.1. The number of anilines is 1. The topological polar surface area (TPSA) is 67.4 Å². The maximum Gasteiger partial charge on any atom is 0.224 e. The number of aromatic nitrogens is 2. The summed E-state index contributed by atoms with van der Waals surface area (Å²) in [5, 5.41) is 3.12. The van der Waals surface area contributed by atoms with E-state index < -0.39 is 0 Å². The number of amides is 1. The highest BCUT2D eigenvalue weighted by molar-refractivity contribution is 5.93. The highest BCUT2D eigenvalue weighted by Crippen LogP contribution is 2.35. The lowest BCUT2D eigenvalue weighted by molar-refractivity contribution is -0.118. The molecule has 1 saturated heterocycles. The summed E-state index contributed by atoms with van der Waals surface area (Å²) < 4.78 is 6.14. The third-order valence-electron chi connectivity index (χ3n) is 6.53. The number of carbonyl (C=O) groups is 1. The molecule has 1 N–H and O–H groups in total. The summed E-state index contributed by atoms with van der Waals surface area (Å²) in [5.41, 5.74) is 3.86. The molecule has 0 spiro atoms. The van der Waals surface area contributed by atoms with Gasteiger partial charge in [-0.15, -0.1) is 0 Å². The smallest absolute Gasteiger partial charge is 0.224 e. The molecule has 0 saturated carbocycles. The van der Waals surface area contributed by atoms with E-state index in [4.69, 9.17) is 4.74 Å². The summed E-state index contributed by atoms with van der Waals surface area (Å²) in [6.45, 7) is 3.48. The van der Waals surface area contributed by atoms with Gasteiger partial charge in [0.15, 0.2) is 0 Å². The third kappa shape index (κ3) is 4.81. The van der Waals surface area contributed by atoms with Crippen LogP contribution in [-0.2, 0) is 11.3 Å².